The molecule has 3 unspecified atom stereocenters. The average Bonchev–Trinajstić information content (AvgIpc) is 2.97. The molecular weight excluding hydrogens is 373 g/mol. The van der Waals surface area contributed by atoms with E-state index >= 15 is 0 Å². The van der Waals surface area contributed by atoms with Crippen LogP contribution in [0.25, 0.3) is 0 Å². The summed E-state index contributed by atoms with van der Waals surface area (Å²) in [6.07, 6.45) is 2.64. The Kier molecular flexibility index (Phi) is 5.82. The highest BCUT2D eigenvalue weighted by Crippen LogP contribution is 2.37. The van der Waals surface area contributed by atoms with Crippen molar-refractivity contribution >= 4 is 21.7 Å². The van der Waals surface area contributed by atoms with E-state index in [4.69, 9.17) is 15.8 Å². The third-order valence-corrected chi connectivity index (χ3v) is 4.94. The van der Waals surface area contributed by atoms with Crippen LogP contribution in [0.2, 0.25) is 5.02 Å². The summed E-state index contributed by atoms with van der Waals surface area (Å²) in [5, 5.41) is 15.4. The first-order valence-corrected chi connectivity index (χ1v) is 9.61. The lowest BCUT2D eigenvalue weighted by Crippen LogP contribution is -2.44. The molecule has 1 heterocycles. The van der Waals surface area contributed by atoms with Crippen molar-refractivity contribution in [1.29, 1.82) is 0 Å². The molecule has 7 nitrogen and oxygen atoms in total. The fraction of sp³-hybridized carbons (Fsp3) is 0.467. The van der Waals surface area contributed by atoms with E-state index in [1.165, 1.54) is 36.4 Å². The topological polar surface area (TPSA) is 94.3 Å². The van der Waals surface area contributed by atoms with Crippen LogP contribution in [0.3, 0.4) is 0 Å². The molecule has 0 aliphatic rings. The van der Waals surface area contributed by atoms with Gasteiger partial charge in [-0.15, -0.1) is 0 Å². The molecule has 0 aliphatic carbocycles. The van der Waals surface area contributed by atoms with E-state index < -0.39 is 33.6 Å². The standard InChI is InChI=1S/C15H19ClFN3O4S/c1-10(11(2)24-25(3,22)23)15(21,7-20-9-18-8-19-20)13-5-4-12(16)6-14(13)17/h4-6,8-11,21H,7H2,1-3H3. The second-order valence-electron chi connectivity index (χ2n) is 5.94. The number of hydrogen-bond donors (Lipinski definition) is 1. The summed E-state index contributed by atoms with van der Waals surface area (Å²) >= 11 is 5.79. The van der Waals surface area contributed by atoms with E-state index in [9.17, 15) is 17.9 Å². The van der Waals surface area contributed by atoms with E-state index in [2.05, 4.69) is 10.1 Å². The summed E-state index contributed by atoms with van der Waals surface area (Å²) in [6.45, 7) is 2.91. The summed E-state index contributed by atoms with van der Waals surface area (Å²) < 4.78 is 43.6. The number of rotatable bonds is 7. The Hall–Kier alpha value is -1.55. The Balaban J connectivity index is 2.47. The van der Waals surface area contributed by atoms with Crippen LogP contribution in [0.1, 0.15) is 19.4 Å². The van der Waals surface area contributed by atoms with Gasteiger partial charge in [-0.05, 0) is 19.1 Å². The zero-order valence-electron chi connectivity index (χ0n) is 13.9. The van der Waals surface area contributed by atoms with Gasteiger partial charge in [0.2, 0.25) is 0 Å². The first kappa shape index (κ1) is 19.8. The normalized spacial score (nSPS) is 17.0. The smallest absolute Gasteiger partial charge is 0.264 e. The highest BCUT2D eigenvalue weighted by atomic mass is 35.5. The van der Waals surface area contributed by atoms with Crippen LogP contribution in [0, 0.1) is 11.7 Å². The number of aromatic nitrogens is 3. The number of nitrogens with zero attached hydrogens (tertiary/aromatic N) is 3. The Bertz CT molecular complexity index is 831. The SMILES string of the molecule is CC(OS(C)(=O)=O)C(C)C(O)(Cn1cncn1)c1ccc(Cl)cc1F. The van der Waals surface area contributed by atoms with Gasteiger partial charge in [0.05, 0.1) is 18.9 Å². The van der Waals surface area contributed by atoms with Crippen molar-refractivity contribution < 1.29 is 22.1 Å². The van der Waals surface area contributed by atoms with Crippen molar-refractivity contribution in [2.24, 2.45) is 5.92 Å². The zero-order chi connectivity index (χ0) is 18.8. The fourth-order valence-corrected chi connectivity index (χ4v) is 3.50. The third-order valence-electron chi connectivity index (χ3n) is 4.05. The molecule has 1 N–H and O–H groups in total. The van der Waals surface area contributed by atoms with E-state index in [0.29, 0.717) is 0 Å². The summed E-state index contributed by atoms with van der Waals surface area (Å²) in [5.41, 5.74) is -1.85. The number of halogens is 2. The summed E-state index contributed by atoms with van der Waals surface area (Å²) in [6, 6.07) is 3.89. The van der Waals surface area contributed by atoms with E-state index in [1.54, 1.807) is 6.92 Å². The number of aliphatic hydroxyl groups is 1. The number of hydrogen-bond acceptors (Lipinski definition) is 6. The van der Waals surface area contributed by atoms with Crippen LogP contribution >= 0.6 is 11.6 Å². The monoisotopic (exact) mass is 391 g/mol. The Labute approximate surface area is 150 Å². The maximum atomic E-state index is 14.5. The molecule has 0 radical (unpaired) electrons. The van der Waals surface area contributed by atoms with Crippen LogP contribution < -0.4 is 0 Å². The van der Waals surface area contributed by atoms with Gasteiger partial charge in [0.15, 0.2) is 0 Å². The highest BCUT2D eigenvalue weighted by molar-refractivity contribution is 7.86. The first-order valence-electron chi connectivity index (χ1n) is 7.41. The van der Waals surface area contributed by atoms with E-state index in [-0.39, 0.29) is 17.1 Å². The lowest BCUT2D eigenvalue weighted by Gasteiger charge is -2.37. The molecule has 2 aromatic rings. The molecule has 10 heteroatoms. The van der Waals surface area contributed by atoms with Gasteiger partial charge in [0.25, 0.3) is 10.1 Å². The quantitative estimate of drug-likeness (QED) is 0.725. The summed E-state index contributed by atoms with van der Waals surface area (Å²) in [7, 11) is -3.75. The molecule has 2 rings (SSSR count). The predicted molar refractivity (Wildman–Crippen MR) is 89.9 cm³/mol. The van der Waals surface area contributed by atoms with Gasteiger partial charge in [-0.1, -0.05) is 24.6 Å². The molecule has 3 atom stereocenters. The molecule has 0 bridgehead atoms. The molecule has 0 spiro atoms. The van der Waals surface area contributed by atoms with Gasteiger partial charge in [-0.2, -0.15) is 13.5 Å². The highest BCUT2D eigenvalue weighted by Gasteiger charge is 2.42. The Morgan fingerprint density at radius 1 is 1.44 bits per heavy atom. The molecule has 1 aromatic carbocycles. The van der Waals surface area contributed by atoms with Gasteiger partial charge in [-0.3, -0.25) is 4.18 Å². The largest absolute Gasteiger partial charge is 0.383 e. The molecule has 0 amide bonds. The first-order chi connectivity index (χ1) is 11.5. The van der Waals surface area contributed by atoms with Crippen molar-refractivity contribution in [2.75, 3.05) is 6.26 Å². The molecular formula is C15H19ClFN3O4S. The third kappa shape index (κ3) is 4.75. The maximum Gasteiger partial charge on any atom is 0.264 e. The Morgan fingerprint density at radius 2 is 2.12 bits per heavy atom. The van der Waals surface area contributed by atoms with E-state index in [1.807, 2.05) is 0 Å². The van der Waals surface area contributed by atoms with E-state index in [0.717, 1.165) is 12.3 Å². The Morgan fingerprint density at radius 3 is 2.64 bits per heavy atom. The molecule has 138 valence electrons. The van der Waals surface area contributed by atoms with Gasteiger partial charge in [-0.25, -0.2) is 14.1 Å². The van der Waals surface area contributed by atoms with Crippen molar-refractivity contribution in [3.05, 3.63) is 47.3 Å². The zero-order valence-corrected chi connectivity index (χ0v) is 15.5. The molecule has 0 fully saturated rings. The fourth-order valence-electron chi connectivity index (χ4n) is 2.62. The second-order valence-corrected chi connectivity index (χ2v) is 7.97. The minimum absolute atomic E-state index is 0.0381. The van der Waals surface area contributed by atoms with Crippen molar-refractivity contribution in [2.45, 2.75) is 32.1 Å². The minimum Gasteiger partial charge on any atom is -0.383 e. The predicted octanol–water partition coefficient (Wildman–Crippen LogP) is 1.96. The maximum absolute atomic E-state index is 14.5. The summed E-state index contributed by atoms with van der Waals surface area (Å²) in [5.74, 6) is -1.52. The number of benzene rings is 1. The van der Waals surface area contributed by atoms with Crippen LogP contribution in [0.5, 0.6) is 0 Å². The summed E-state index contributed by atoms with van der Waals surface area (Å²) in [4.78, 5) is 3.80. The molecule has 0 saturated heterocycles. The minimum atomic E-state index is -3.75. The van der Waals surface area contributed by atoms with Gasteiger partial charge in [0, 0.05) is 16.5 Å². The van der Waals surface area contributed by atoms with Crippen LogP contribution in [-0.2, 0) is 26.4 Å². The van der Waals surface area contributed by atoms with Crippen molar-refractivity contribution in [3.63, 3.8) is 0 Å². The molecule has 0 saturated carbocycles. The molecule has 25 heavy (non-hydrogen) atoms. The van der Waals surface area contributed by atoms with Gasteiger partial charge >= 0.3 is 0 Å². The average molecular weight is 392 g/mol. The van der Waals surface area contributed by atoms with Gasteiger partial charge < -0.3 is 5.11 Å². The van der Waals surface area contributed by atoms with Crippen molar-refractivity contribution in [3.8, 4) is 0 Å². The lowest BCUT2D eigenvalue weighted by atomic mass is 9.79. The lowest BCUT2D eigenvalue weighted by molar-refractivity contribution is -0.0726. The van der Waals surface area contributed by atoms with Gasteiger partial charge in [0.1, 0.15) is 24.1 Å². The molecule has 1 aromatic heterocycles. The van der Waals surface area contributed by atoms with Crippen molar-refractivity contribution in [1.82, 2.24) is 14.8 Å². The van der Waals surface area contributed by atoms with Crippen LogP contribution in [0.4, 0.5) is 4.39 Å². The second kappa shape index (κ2) is 7.36. The van der Waals surface area contributed by atoms with Crippen LogP contribution in [0.15, 0.2) is 30.9 Å². The molecule has 0 aliphatic heterocycles. The van der Waals surface area contributed by atoms with Crippen LogP contribution in [-0.4, -0.2) is 40.6 Å².